The lowest BCUT2D eigenvalue weighted by Gasteiger charge is -2.30. The van der Waals surface area contributed by atoms with Gasteiger partial charge in [0.25, 0.3) is 11.8 Å². The molecule has 4 N–H and O–H groups in total. The Morgan fingerprint density at radius 3 is 2.73 bits per heavy atom. The van der Waals surface area contributed by atoms with Crippen molar-refractivity contribution in [3.8, 4) is 0 Å². The van der Waals surface area contributed by atoms with Crippen LogP contribution < -0.4 is 16.0 Å². The van der Waals surface area contributed by atoms with Crippen molar-refractivity contribution in [2.24, 2.45) is 5.92 Å². The number of carbonyl (C=O) groups is 4. The lowest BCUT2D eigenvalue weighted by Crippen LogP contribution is -2.60. The number of hydrogen-bond acceptors (Lipinski definition) is 6. The van der Waals surface area contributed by atoms with Crippen molar-refractivity contribution in [2.45, 2.75) is 44.9 Å². The Morgan fingerprint density at radius 1 is 1.38 bits per heavy atom. The van der Waals surface area contributed by atoms with Crippen molar-refractivity contribution < 1.29 is 24.3 Å². The van der Waals surface area contributed by atoms with Gasteiger partial charge in [-0.1, -0.05) is 13.8 Å². The second-order valence-corrected chi connectivity index (χ2v) is 7.35. The highest BCUT2D eigenvalue weighted by molar-refractivity contribution is 7.08. The second kappa shape index (κ2) is 8.91. The Hall–Kier alpha value is -2.26. The molecule has 0 spiro atoms. The lowest BCUT2D eigenvalue weighted by molar-refractivity contribution is -0.140. The maximum absolute atomic E-state index is 12.5. The molecule has 0 radical (unpaired) electrons. The summed E-state index contributed by atoms with van der Waals surface area (Å²) < 4.78 is 0. The van der Waals surface area contributed by atoms with Crippen molar-refractivity contribution in [1.82, 2.24) is 16.0 Å². The predicted molar refractivity (Wildman–Crippen MR) is 95.4 cm³/mol. The molecular weight excluding hydrogens is 358 g/mol. The molecule has 142 valence electrons. The topological polar surface area (TPSA) is 125 Å². The molecule has 2 rings (SSSR count). The van der Waals surface area contributed by atoms with Crippen LogP contribution in [0.3, 0.4) is 0 Å². The van der Waals surface area contributed by atoms with E-state index < -0.39 is 41.7 Å². The second-order valence-electron chi connectivity index (χ2n) is 6.57. The lowest BCUT2D eigenvalue weighted by atomic mass is 9.99. The molecule has 26 heavy (non-hydrogen) atoms. The fourth-order valence-corrected chi connectivity index (χ4v) is 3.30. The van der Waals surface area contributed by atoms with E-state index in [9.17, 15) is 24.3 Å². The summed E-state index contributed by atoms with van der Waals surface area (Å²) in [7, 11) is 0. The molecule has 9 heteroatoms. The molecule has 3 amide bonds. The third-order valence-corrected chi connectivity index (χ3v) is 4.90. The summed E-state index contributed by atoms with van der Waals surface area (Å²) in [6, 6.07) is 0.0971. The standard InChI is InChI=1S/C17H23N3O5S/c1-9(2)13(16(24)19-11-3-5-18-17(25)14(11)22)20-15(23)12(21)7-10-4-6-26-8-10/h4,6,8-9,11,13-14,22H,3,5,7H2,1-2H3,(H,18,25)(H,19,24)(H,20,23). The minimum Gasteiger partial charge on any atom is -0.381 e. The first kappa shape index (κ1) is 20.1. The van der Waals surface area contributed by atoms with Gasteiger partial charge in [0.2, 0.25) is 11.7 Å². The van der Waals surface area contributed by atoms with Crippen LogP contribution >= 0.6 is 11.3 Å². The van der Waals surface area contributed by atoms with Crippen LogP contribution in [0.5, 0.6) is 0 Å². The van der Waals surface area contributed by atoms with Gasteiger partial charge < -0.3 is 21.1 Å². The number of piperidine rings is 1. The number of Topliss-reactive ketones (excluding diaryl/α,β-unsaturated/α-hetero) is 1. The van der Waals surface area contributed by atoms with E-state index in [0.717, 1.165) is 5.56 Å². The predicted octanol–water partition coefficient (Wildman–Crippen LogP) is -0.634. The number of hydrogen-bond donors (Lipinski definition) is 4. The third kappa shape index (κ3) is 5.12. The zero-order chi connectivity index (χ0) is 19.3. The zero-order valence-electron chi connectivity index (χ0n) is 14.7. The summed E-state index contributed by atoms with van der Waals surface area (Å²) in [6.45, 7) is 3.81. The smallest absolute Gasteiger partial charge is 0.288 e. The van der Waals surface area contributed by atoms with Crippen molar-refractivity contribution >= 4 is 34.8 Å². The third-order valence-electron chi connectivity index (χ3n) is 4.17. The minimum atomic E-state index is -1.34. The maximum Gasteiger partial charge on any atom is 0.288 e. The van der Waals surface area contributed by atoms with E-state index in [0.29, 0.717) is 13.0 Å². The molecule has 1 aliphatic rings. The monoisotopic (exact) mass is 381 g/mol. The van der Waals surface area contributed by atoms with E-state index in [1.807, 2.05) is 5.38 Å². The Bertz CT molecular complexity index is 674. The normalized spacial score (nSPS) is 21.0. The van der Waals surface area contributed by atoms with Gasteiger partial charge in [0, 0.05) is 13.0 Å². The molecule has 1 aromatic rings. The van der Waals surface area contributed by atoms with Gasteiger partial charge in [0.15, 0.2) is 6.10 Å². The molecule has 2 heterocycles. The average molecular weight is 381 g/mol. The molecule has 0 aromatic carbocycles. The molecule has 3 unspecified atom stereocenters. The van der Waals surface area contributed by atoms with E-state index in [4.69, 9.17) is 0 Å². The van der Waals surface area contributed by atoms with Crippen LogP contribution in [0.15, 0.2) is 16.8 Å². The van der Waals surface area contributed by atoms with Crippen molar-refractivity contribution in [3.63, 3.8) is 0 Å². The highest BCUT2D eigenvalue weighted by Gasteiger charge is 2.34. The number of amides is 3. The maximum atomic E-state index is 12.5. The van der Waals surface area contributed by atoms with E-state index in [2.05, 4.69) is 16.0 Å². The Kier molecular flexibility index (Phi) is 6.87. The molecule has 0 aliphatic carbocycles. The van der Waals surface area contributed by atoms with Crippen LogP contribution in [0.4, 0.5) is 0 Å². The number of nitrogens with one attached hydrogen (secondary N) is 3. The van der Waals surface area contributed by atoms with Gasteiger partial charge in [-0.3, -0.25) is 19.2 Å². The first-order chi connectivity index (χ1) is 12.3. The van der Waals surface area contributed by atoms with Crippen molar-refractivity contribution in [3.05, 3.63) is 22.4 Å². The number of rotatable bonds is 7. The Morgan fingerprint density at radius 2 is 2.12 bits per heavy atom. The Labute approximate surface area is 155 Å². The number of thiophene rings is 1. The number of carbonyl (C=O) groups excluding carboxylic acids is 4. The van der Waals surface area contributed by atoms with Crippen LogP contribution in [0.1, 0.15) is 25.8 Å². The number of aliphatic hydroxyl groups is 1. The molecule has 3 atom stereocenters. The Balaban J connectivity index is 1.96. The molecule has 1 fully saturated rings. The van der Waals surface area contributed by atoms with E-state index in [1.165, 1.54) is 11.3 Å². The van der Waals surface area contributed by atoms with E-state index in [-0.39, 0.29) is 12.3 Å². The molecular formula is C17H23N3O5S. The fraction of sp³-hybridized carbons (Fsp3) is 0.529. The molecule has 1 aliphatic heterocycles. The zero-order valence-corrected chi connectivity index (χ0v) is 15.5. The van der Waals surface area contributed by atoms with Gasteiger partial charge in [-0.05, 0) is 34.7 Å². The fourth-order valence-electron chi connectivity index (χ4n) is 2.64. The van der Waals surface area contributed by atoms with Crippen LogP contribution in [-0.2, 0) is 25.6 Å². The summed E-state index contributed by atoms with van der Waals surface area (Å²) in [5.41, 5.74) is 0.747. The van der Waals surface area contributed by atoms with Crippen LogP contribution in [0.2, 0.25) is 0 Å². The summed E-state index contributed by atoms with van der Waals surface area (Å²) in [4.78, 5) is 48.2. The van der Waals surface area contributed by atoms with Gasteiger partial charge in [0.05, 0.1) is 6.04 Å². The summed E-state index contributed by atoms with van der Waals surface area (Å²) in [5, 5.41) is 21.0. The quantitative estimate of drug-likeness (QED) is 0.468. The molecule has 0 bridgehead atoms. The van der Waals surface area contributed by atoms with Gasteiger partial charge >= 0.3 is 0 Å². The highest BCUT2D eigenvalue weighted by Crippen LogP contribution is 2.10. The van der Waals surface area contributed by atoms with Crippen LogP contribution in [0.25, 0.3) is 0 Å². The average Bonchev–Trinajstić information content (AvgIpc) is 3.09. The molecule has 8 nitrogen and oxygen atoms in total. The largest absolute Gasteiger partial charge is 0.381 e. The number of ketones is 1. The van der Waals surface area contributed by atoms with Gasteiger partial charge in [-0.25, -0.2) is 0 Å². The SMILES string of the molecule is CC(C)C(NC(=O)C(=O)Cc1ccsc1)C(=O)NC1CCNC(=O)C1O. The van der Waals surface area contributed by atoms with Crippen LogP contribution in [0, 0.1) is 5.92 Å². The van der Waals surface area contributed by atoms with Crippen LogP contribution in [-0.4, -0.2) is 53.3 Å². The van der Waals surface area contributed by atoms with Gasteiger partial charge in [0.1, 0.15) is 6.04 Å². The van der Waals surface area contributed by atoms with Gasteiger partial charge in [-0.2, -0.15) is 11.3 Å². The molecule has 0 saturated carbocycles. The molecule has 1 aromatic heterocycles. The van der Waals surface area contributed by atoms with Crippen molar-refractivity contribution in [2.75, 3.05) is 6.54 Å². The minimum absolute atomic E-state index is 0.0245. The first-order valence-electron chi connectivity index (χ1n) is 8.40. The van der Waals surface area contributed by atoms with Gasteiger partial charge in [-0.15, -0.1) is 0 Å². The van der Waals surface area contributed by atoms with E-state index in [1.54, 1.807) is 25.3 Å². The first-order valence-corrected chi connectivity index (χ1v) is 9.34. The highest BCUT2D eigenvalue weighted by atomic mass is 32.1. The number of aliphatic hydroxyl groups excluding tert-OH is 1. The van der Waals surface area contributed by atoms with E-state index >= 15 is 0 Å². The van der Waals surface area contributed by atoms with Crippen molar-refractivity contribution in [1.29, 1.82) is 0 Å². The summed E-state index contributed by atoms with van der Waals surface area (Å²) >= 11 is 1.43. The molecule has 1 saturated heterocycles. The summed E-state index contributed by atoms with van der Waals surface area (Å²) in [5.74, 6) is -2.80. The summed E-state index contributed by atoms with van der Waals surface area (Å²) in [6.07, 6.45) is -0.978.